The molecular formula is C11H23BN4O7S. The zero-order chi connectivity index (χ0) is 18.7. The summed E-state index contributed by atoms with van der Waals surface area (Å²) in [6.45, 7) is 0.602. The van der Waals surface area contributed by atoms with Crippen molar-refractivity contribution < 1.29 is 33.2 Å². The molecule has 1 fully saturated rings. The molecule has 24 heavy (non-hydrogen) atoms. The maximum Gasteiger partial charge on any atom is 0.451 e. The maximum atomic E-state index is 12.2. The second-order valence-corrected chi connectivity index (χ2v) is 7.68. The Balaban J connectivity index is 2.89. The van der Waals surface area contributed by atoms with Crippen molar-refractivity contribution in [2.45, 2.75) is 37.7 Å². The summed E-state index contributed by atoms with van der Waals surface area (Å²) in [4.78, 5) is 23.0. The molecule has 0 unspecified atom stereocenters. The molecule has 3 atom stereocenters. The van der Waals surface area contributed by atoms with Gasteiger partial charge in [-0.25, -0.2) is 4.72 Å². The van der Waals surface area contributed by atoms with Crippen molar-refractivity contribution in [1.82, 2.24) is 9.03 Å². The van der Waals surface area contributed by atoms with E-state index in [1.807, 2.05) is 0 Å². The van der Waals surface area contributed by atoms with Gasteiger partial charge in [-0.05, 0) is 19.7 Å². The summed E-state index contributed by atoms with van der Waals surface area (Å²) in [5.41, 5.74) is 9.35. The second-order valence-electron chi connectivity index (χ2n) is 6.01. The summed E-state index contributed by atoms with van der Waals surface area (Å²) < 4.78 is 27.0. The van der Waals surface area contributed by atoms with E-state index >= 15 is 0 Å². The van der Waals surface area contributed by atoms with Crippen molar-refractivity contribution in [3.05, 3.63) is 0 Å². The average Bonchev–Trinajstić information content (AvgIpc) is 2.77. The summed E-state index contributed by atoms with van der Waals surface area (Å²) in [5, 5.41) is 27.0. The summed E-state index contributed by atoms with van der Waals surface area (Å²) >= 11 is 0. The van der Waals surface area contributed by atoms with Crippen molar-refractivity contribution in [3.63, 3.8) is 0 Å². The highest BCUT2D eigenvalue weighted by atomic mass is 32.2. The van der Waals surface area contributed by atoms with Crippen molar-refractivity contribution in [2.24, 2.45) is 17.4 Å². The van der Waals surface area contributed by atoms with E-state index in [4.69, 9.17) is 21.5 Å². The Hall–Kier alpha value is -1.25. The Morgan fingerprint density at radius 2 is 2.04 bits per heavy atom. The minimum atomic E-state index is -4.27. The Kier molecular flexibility index (Phi) is 6.72. The molecule has 0 aliphatic carbocycles. The maximum absolute atomic E-state index is 12.2. The van der Waals surface area contributed by atoms with Crippen molar-refractivity contribution in [2.75, 3.05) is 13.1 Å². The van der Waals surface area contributed by atoms with E-state index < -0.39 is 53.2 Å². The number of carbonyl (C=O) groups is 2. The van der Waals surface area contributed by atoms with Crippen LogP contribution in [-0.4, -0.2) is 71.5 Å². The molecule has 0 aromatic carbocycles. The number of hydrogen-bond donors (Lipinski definition) is 6. The molecule has 11 nitrogen and oxygen atoms in total. The van der Waals surface area contributed by atoms with Crippen LogP contribution in [0.25, 0.3) is 0 Å². The van der Waals surface area contributed by atoms with Crippen molar-refractivity contribution in [3.8, 4) is 0 Å². The molecule has 0 spiro atoms. The highest BCUT2D eigenvalue weighted by Gasteiger charge is 2.52. The minimum absolute atomic E-state index is 0.0143. The van der Waals surface area contributed by atoms with E-state index in [0.29, 0.717) is 0 Å². The third-order valence-corrected chi connectivity index (χ3v) is 5.40. The van der Waals surface area contributed by atoms with E-state index in [-0.39, 0.29) is 25.7 Å². The highest BCUT2D eigenvalue weighted by Crippen LogP contribution is 2.31. The fourth-order valence-electron chi connectivity index (χ4n) is 2.50. The number of nitrogens with one attached hydrogen (secondary N) is 1. The first-order valence-corrected chi connectivity index (χ1v) is 8.80. The molecule has 1 rings (SSSR count). The van der Waals surface area contributed by atoms with Crippen LogP contribution in [0.1, 0.15) is 19.8 Å². The predicted octanol–water partition coefficient (Wildman–Crippen LogP) is -3.34. The molecule has 0 saturated carbocycles. The fraction of sp³-hybridized carbons (Fsp3) is 0.818. The minimum Gasteiger partial charge on any atom is -0.480 e. The van der Waals surface area contributed by atoms with Crippen LogP contribution in [0, 0.1) is 5.92 Å². The van der Waals surface area contributed by atoms with Gasteiger partial charge in [0.15, 0.2) is 0 Å². The molecule has 1 saturated heterocycles. The van der Waals surface area contributed by atoms with Gasteiger partial charge in [0.25, 0.3) is 5.91 Å². The van der Waals surface area contributed by atoms with E-state index in [1.165, 1.54) is 6.92 Å². The van der Waals surface area contributed by atoms with Crippen LogP contribution in [0.4, 0.5) is 0 Å². The zero-order valence-corrected chi connectivity index (χ0v) is 14.1. The summed E-state index contributed by atoms with van der Waals surface area (Å²) in [6.07, 6.45) is 0.461. The summed E-state index contributed by atoms with van der Waals surface area (Å²) in [6, 6.07) is -1.05. The average molecular weight is 366 g/mol. The van der Waals surface area contributed by atoms with E-state index in [9.17, 15) is 23.1 Å². The lowest BCUT2D eigenvalue weighted by Crippen LogP contribution is -2.55. The second kappa shape index (κ2) is 7.76. The van der Waals surface area contributed by atoms with Gasteiger partial charge in [0.05, 0.1) is 6.04 Å². The number of carboxylic acid groups (broad SMARTS) is 1. The molecule has 0 radical (unpaired) electrons. The monoisotopic (exact) mass is 366 g/mol. The number of nitrogens with zero attached hydrogens (tertiary/aromatic N) is 1. The molecule has 0 aromatic heterocycles. The fourth-order valence-corrected chi connectivity index (χ4v) is 3.83. The van der Waals surface area contributed by atoms with Gasteiger partial charge in [-0.1, -0.05) is 6.42 Å². The molecule has 0 bridgehead atoms. The van der Waals surface area contributed by atoms with Gasteiger partial charge in [0, 0.05) is 19.0 Å². The number of rotatable bonds is 8. The molecule has 1 aliphatic rings. The topological polar surface area (TPSA) is 196 Å². The molecule has 0 aromatic rings. The van der Waals surface area contributed by atoms with Crippen molar-refractivity contribution in [1.29, 1.82) is 0 Å². The van der Waals surface area contributed by atoms with E-state index in [0.717, 1.165) is 4.31 Å². The SMILES string of the molecule is C[C@H](N)C(=O)NS(=O)(=O)N1C[C@@H](CCCB(O)O)[C@@](N)(C(=O)O)C1. The normalized spacial score (nSPS) is 26.1. The smallest absolute Gasteiger partial charge is 0.451 e. The number of aliphatic carboxylic acids is 1. The highest BCUT2D eigenvalue weighted by molar-refractivity contribution is 7.87. The predicted molar refractivity (Wildman–Crippen MR) is 84.6 cm³/mol. The third-order valence-electron chi connectivity index (χ3n) is 3.99. The van der Waals surface area contributed by atoms with Gasteiger partial charge in [-0.15, -0.1) is 0 Å². The molecule has 1 heterocycles. The van der Waals surface area contributed by atoms with E-state index in [2.05, 4.69) is 0 Å². The number of hydrogen-bond acceptors (Lipinski definition) is 8. The van der Waals surface area contributed by atoms with Gasteiger partial charge in [0.2, 0.25) is 0 Å². The van der Waals surface area contributed by atoms with Crippen LogP contribution in [0.3, 0.4) is 0 Å². The molecular weight excluding hydrogens is 343 g/mol. The summed E-state index contributed by atoms with van der Waals surface area (Å²) in [5.74, 6) is -3.02. The van der Waals surface area contributed by atoms with Crippen molar-refractivity contribution >= 4 is 29.2 Å². The Morgan fingerprint density at radius 3 is 2.50 bits per heavy atom. The molecule has 138 valence electrons. The molecule has 8 N–H and O–H groups in total. The number of carbonyl (C=O) groups excluding carboxylic acids is 1. The van der Waals surface area contributed by atoms with Crippen LogP contribution < -0.4 is 16.2 Å². The molecule has 1 amide bonds. The van der Waals surface area contributed by atoms with Crippen LogP contribution >= 0.6 is 0 Å². The quantitative estimate of drug-likeness (QED) is 0.238. The third kappa shape index (κ3) is 4.88. The largest absolute Gasteiger partial charge is 0.480 e. The van der Waals surface area contributed by atoms with Gasteiger partial charge < -0.3 is 26.6 Å². The first-order chi connectivity index (χ1) is 10.9. The lowest BCUT2D eigenvalue weighted by atomic mass is 9.78. The number of carboxylic acids is 1. The Bertz CT molecular complexity index is 585. The van der Waals surface area contributed by atoms with E-state index in [1.54, 1.807) is 4.72 Å². The Morgan fingerprint density at radius 1 is 1.46 bits per heavy atom. The molecule has 1 aliphatic heterocycles. The van der Waals surface area contributed by atoms with Crippen LogP contribution in [0.5, 0.6) is 0 Å². The van der Waals surface area contributed by atoms with Gasteiger partial charge >= 0.3 is 23.3 Å². The van der Waals surface area contributed by atoms with Gasteiger partial charge in [-0.2, -0.15) is 12.7 Å². The lowest BCUT2D eigenvalue weighted by molar-refractivity contribution is -0.144. The van der Waals surface area contributed by atoms with Crippen LogP contribution in [0.15, 0.2) is 0 Å². The number of amides is 1. The lowest BCUT2D eigenvalue weighted by Gasteiger charge is -2.25. The standard InChI is InChI=1S/C11H23BN4O7S/c1-7(13)9(17)15-24(22,23)16-5-8(3-2-4-12(20)21)11(14,6-16)10(18)19/h7-8,20-21H,2-6,13-14H2,1H3,(H,15,17)(H,18,19)/t7-,8+,11+/m0/s1. The Labute approximate surface area is 140 Å². The first-order valence-electron chi connectivity index (χ1n) is 7.36. The van der Waals surface area contributed by atoms with Crippen LogP contribution in [0.2, 0.25) is 6.32 Å². The van der Waals surface area contributed by atoms with Gasteiger partial charge in [-0.3, -0.25) is 9.59 Å². The molecule has 13 heteroatoms. The van der Waals surface area contributed by atoms with Crippen LogP contribution in [-0.2, 0) is 19.8 Å². The summed E-state index contributed by atoms with van der Waals surface area (Å²) in [7, 11) is -5.81. The van der Waals surface area contributed by atoms with Gasteiger partial charge in [0.1, 0.15) is 5.54 Å². The zero-order valence-electron chi connectivity index (χ0n) is 13.3. The number of nitrogens with two attached hydrogens (primary N) is 2. The first kappa shape index (κ1) is 20.8.